The van der Waals surface area contributed by atoms with Gasteiger partial charge in [-0.3, -0.25) is 9.89 Å². The van der Waals surface area contributed by atoms with Gasteiger partial charge in [-0.25, -0.2) is 0 Å². The van der Waals surface area contributed by atoms with Crippen molar-refractivity contribution in [2.24, 2.45) is 5.92 Å². The normalized spacial score (nSPS) is 17.5. The van der Waals surface area contributed by atoms with Crippen LogP contribution in [-0.2, 0) is 4.79 Å². The van der Waals surface area contributed by atoms with E-state index in [1.165, 1.54) is 5.69 Å². The van der Waals surface area contributed by atoms with Gasteiger partial charge in [-0.1, -0.05) is 42.5 Å². The van der Waals surface area contributed by atoms with Gasteiger partial charge in [0.1, 0.15) is 0 Å². The zero-order chi connectivity index (χ0) is 23.8. The van der Waals surface area contributed by atoms with Crippen LogP contribution in [-0.4, -0.2) is 40.4 Å². The molecule has 1 saturated carbocycles. The molecule has 3 aromatic carbocycles. The molecule has 2 fully saturated rings. The summed E-state index contributed by atoms with van der Waals surface area (Å²) in [4.78, 5) is 15.6. The molecule has 35 heavy (non-hydrogen) atoms. The Morgan fingerprint density at radius 1 is 0.971 bits per heavy atom. The van der Waals surface area contributed by atoms with E-state index in [9.17, 15) is 9.90 Å². The number of carbonyl (C=O) groups excluding carboxylic acids is 1. The van der Waals surface area contributed by atoms with E-state index in [0.717, 1.165) is 72.2 Å². The number of piperidine rings is 1. The van der Waals surface area contributed by atoms with E-state index in [0.29, 0.717) is 5.92 Å². The Morgan fingerprint density at radius 3 is 2.43 bits per heavy atom. The van der Waals surface area contributed by atoms with Crippen molar-refractivity contribution in [3.63, 3.8) is 0 Å². The Bertz CT molecular complexity index is 1320. The molecule has 6 nitrogen and oxygen atoms in total. The Hall–Kier alpha value is -3.64. The Kier molecular flexibility index (Phi) is 5.74. The topological polar surface area (TPSA) is 81.2 Å². The number of rotatable bonds is 6. The van der Waals surface area contributed by atoms with Gasteiger partial charge in [-0.05, 0) is 67.5 Å². The predicted molar refractivity (Wildman–Crippen MR) is 140 cm³/mol. The van der Waals surface area contributed by atoms with E-state index in [1.54, 1.807) is 0 Å². The number of nitrogens with zero attached hydrogens (tertiary/aromatic N) is 2. The smallest absolute Gasteiger partial charge is 0.232 e. The highest BCUT2D eigenvalue weighted by atomic mass is 16.3. The van der Waals surface area contributed by atoms with Crippen molar-refractivity contribution in [1.29, 1.82) is 0 Å². The van der Waals surface area contributed by atoms with Crippen molar-refractivity contribution in [2.75, 3.05) is 23.3 Å². The van der Waals surface area contributed by atoms with Crippen LogP contribution in [0.5, 0.6) is 0 Å². The van der Waals surface area contributed by atoms with Gasteiger partial charge in [-0.2, -0.15) is 5.10 Å². The van der Waals surface area contributed by atoms with Crippen molar-refractivity contribution >= 4 is 28.2 Å². The third kappa shape index (κ3) is 4.54. The molecule has 2 aliphatic rings. The molecule has 2 heterocycles. The van der Waals surface area contributed by atoms with Crippen LogP contribution in [0.1, 0.15) is 37.2 Å². The van der Waals surface area contributed by atoms with Crippen LogP contribution in [0.3, 0.4) is 0 Å². The number of aliphatic hydroxyl groups excluding tert-OH is 1. The van der Waals surface area contributed by atoms with E-state index < -0.39 is 0 Å². The Balaban J connectivity index is 1.23. The SMILES string of the molecule is O=C(Nc1ccc2[nH]nc(-c3ccc(N4CCC(O)CC4)cc3)c2c1)C(c1ccccc1)C1CC1. The molecule has 1 amide bonds. The lowest BCUT2D eigenvalue weighted by Crippen LogP contribution is -2.35. The maximum Gasteiger partial charge on any atom is 0.232 e. The number of anilines is 2. The first-order valence-corrected chi connectivity index (χ1v) is 12.5. The lowest BCUT2D eigenvalue weighted by Gasteiger charge is -2.31. The fourth-order valence-corrected chi connectivity index (χ4v) is 5.21. The molecule has 1 aliphatic heterocycles. The number of carbonyl (C=O) groups is 1. The molecule has 4 aromatic rings. The second-order valence-electron chi connectivity index (χ2n) is 9.81. The summed E-state index contributed by atoms with van der Waals surface area (Å²) in [5, 5.41) is 21.6. The highest BCUT2D eigenvalue weighted by Crippen LogP contribution is 2.43. The highest BCUT2D eigenvalue weighted by molar-refractivity contribution is 6.00. The van der Waals surface area contributed by atoms with Gasteiger partial charge >= 0.3 is 0 Å². The monoisotopic (exact) mass is 466 g/mol. The lowest BCUT2D eigenvalue weighted by molar-refractivity contribution is -0.118. The van der Waals surface area contributed by atoms with Gasteiger partial charge in [-0.15, -0.1) is 0 Å². The second kappa shape index (κ2) is 9.19. The molecule has 6 heteroatoms. The lowest BCUT2D eigenvalue weighted by atomic mass is 9.93. The molecule has 0 spiro atoms. The minimum atomic E-state index is -0.178. The summed E-state index contributed by atoms with van der Waals surface area (Å²) >= 11 is 0. The zero-order valence-electron chi connectivity index (χ0n) is 19.7. The summed E-state index contributed by atoms with van der Waals surface area (Å²) in [6, 6.07) is 24.5. The second-order valence-corrected chi connectivity index (χ2v) is 9.81. The first kappa shape index (κ1) is 21.9. The van der Waals surface area contributed by atoms with Gasteiger partial charge in [0.05, 0.1) is 23.2 Å². The molecule has 1 aliphatic carbocycles. The maximum absolute atomic E-state index is 13.3. The molecule has 6 rings (SSSR count). The number of nitrogens with one attached hydrogen (secondary N) is 2. The van der Waals surface area contributed by atoms with Crippen molar-refractivity contribution in [2.45, 2.75) is 37.7 Å². The predicted octanol–water partition coefficient (Wildman–Crippen LogP) is 5.32. The fourth-order valence-electron chi connectivity index (χ4n) is 5.21. The van der Waals surface area contributed by atoms with E-state index >= 15 is 0 Å². The van der Waals surface area contributed by atoms with E-state index in [1.807, 2.05) is 36.4 Å². The zero-order valence-corrected chi connectivity index (χ0v) is 19.7. The van der Waals surface area contributed by atoms with Crippen molar-refractivity contribution < 1.29 is 9.90 Å². The van der Waals surface area contributed by atoms with Gasteiger partial charge in [0.25, 0.3) is 0 Å². The maximum atomic E-state index is 13.3. The first-order valence-electron chi connectivity index (χ1n) is 12.5. The van der Waals surface area contributed by atoms with Gasteiger partial charge < -0.3 is 15.3 Å². The summed E-state index contributed by atoms with van der Waals surface area (Å²) < 4.78 is 0. The van der Waals surface area contributed by atoms with E-state index in [-0.39, 0.29) is 17.9 Å². The van der Waals surface area contributed by atoms with Crippen LogP contribution in [0.15, 0.2) is 72.8 Å². The van der Waals surface area contributed by atoms with Gasteiger partial charge in [0, 0.05) is 35.4 Å². The summed E-state index contributed by atoms with van der Waals surface area (Å²) in [5.41, 5.74) is 5.88. The highest BCUT2D eigenvalue weighted by Gasteiger charge is 2.37. The van der Waals surface area contributed by atoms with E-state index in [2.05, 4.69) is 56.8 Å². The van der Waals surface area contributed by atoms with Crippen LogP contribution in [0.2, 0.25) is 0 Å². The molecular formula is C29H30N4O2. The summed E-state index contributed by atoms with van der Waals surface area (Å²) in [5.74, 6) is 0.366. The first-order chi connectivity index (χ1) is 17.2. The molecule has 0 radical (unpaired) electrons. The fraction of sp³-hybridized carbons (Fsp3) is 0.310. The number of amides is 1. The molecule has 3 N–H and O–H groups in total. The standard InChI is InChI=1S/C29H30N4O2/c34-24-14-16-33(17-15-24)23-11-8-21(9-12-23)28-25-18-22(10-13-26(25)31-32-28)30-29(35)27(20-6-7-20)19-4-2-1-3-5-19/h1-5,8-13,18,20,24,27,34H,6-7,14-17H2,(H,30,35)(H,31,32). The molecule has 0 bridgehead atoms. The van der Waals surface area contributed by atoms with Gasteiger partial charge in [0.15, 0.2) is 0 Å². The molecule has 1 atom stereocenters. The number of H-pyrrole nitrogens is 1. The number of benzene rings is 3. The third-order valence-electron chi connectivity index (χ3n) is 7.34. The van der Waals surface area contributed by atoms with Crippen molar-refractivity contribution in [3.05, 3.63) is 78.4 Å². The molecule has 1 saturated heterocycles. The van der Waals surface area contributed by atoms with E-state index in [4.69, 9.17) is 0 Å². The number of aliphatic hydroxyl groups is 1. The average Bonchev–Trinajstić information content (AvgIpc) is 3.63. The van der Waals surface area contributed by atoms with Crippen molar-refractivity contribution in [3.8, 4) is 11.3 Å². The Labute approximate surface area is 205 Å². The molecular weight excluding hydrogens is 436 g/mol. The third-order valence-corrected chi connectivity index (χ3v) is 7.34. The molecule has 1 unspecified atom stereocenters. The van der Waals surface area contributed by atoms with Crippen LogP contribution < -0.4 is 10.2 Å². The minimum absolute atomic E-state index is 0.0547. The van der Waals surface area contributed by atoms with Crippen LogP contribution >= 0.6 is 0 Å². The number of aromatic nitrogens is 2. The summed E-state index contributed by atoms with van der Waals surface area (Å²) in [6.07, 6.45) is 3.65. The average molecular weight is 467 g/mol. The molecule has 1 aromatic heterocycles. The quantitative estimate of drug-likeness (QED) is 0.359. The van der Waals surface area contributed by atoms with Crippen molar-refractivity contribution in [1.82, 2.24) is 10.2 Å². The summed E-state index contributed by atoms with van der Waals surface area (Å²) in [6.45, 7) is 1.75. The van der Waals surface area contributed by atoms with Crippen LogP contribution in [0.4, 0.5) is 11.4 Å². The largest absolute Gasteiger partial charge is 0.393 e. The summed E-state index contributed by atoms with van der Waals surface area (Å²) in [7, 11) is 0. The number of fused-ring (bicyclic) bond motifs is 1. The van der Waals surface area contributed by atoms with Crippen LogP contribution in [0.25, 0.3) is 22.2 Å². The minimum Gasteiger partial charge on any atom is -0.393 e. The molecule has 178 valence electrons. The number of hydrogen-bond acceptors (Lipinski definition) is 4. The van der Waals surface area contributed by atoms with Crippen LogP contribution in [0, 0.1) is 5.92 Å². The number of aromatic amines is 1. The Morgan fingerprint density at radius 2 is 1.71 bits per heavy atom. The van der Waals surface area contributed by atoms with Gasteiger partial charge in [0.2, 0.25) is 5.91 Å². The number of hydrogen-bond donors (Lipinski definition) is 3.